The Labute approximate surface area is 109 Å². The SMILES string of the molecule is CCC1(C(=O)O)CCN(S(=O)(=O)NC(C)C)CC1. The van der Waals surface area contributed by atoms with Crippen LogP contribution < -0.4 is 4.72 Å². The van der Waals surface area contributed by atoms with Crippen LogP contribution in [0.3, 0.4) is 0 Å². The third-order valence-corrected chi connectivity index (χ3v) is 5.35. The molecule has 7 heteroatoms. The summed E-state index contributed by atoms with van der Waals surface area (Å²) < 4.78 is 27.7. The fraction of sp³-hybridized carbons (Fsp3) is 0.909. The van der Waals surface area contributed by atoms with Gasteiger partial charge in [0.05, 0.1) is 5.41 Å². The first-order valence-electron chi connectivity index (χ1n) is 6.24. The van der Waals surface area contributed by atoms with Crippen LogP contribution in [0.1, 0.15) is 40.0 Å². The minimum atomic E-state index is -3.48. The van der Waals surface area contributed by atoms with Crippen molar-refractivity contribution in [2.75, 3.05) is 13.1 Å². The van der Waals surface area contributed by atoms with Crippen LogP contribution in [0.2, 0.25) is 0 Å². The number of rotatable bonds is 5. The molecule has 1 saturated heterocycles. The summed E-state index contributed by atoms with van der Waals surface area (Å²) in [6.07, 6.45) is 1.28. The third-order valence-electron chi connectivity index (χ3n) is 3.53. The van der Waals surface area contributed by atoms with Crippen LogP contribution in [-0.2, 0) is 15.0 Å². The van der Waals surface area contributed by atoms with E-state index in [1.807, 2.05) is 6.92 Å². The Hall–Kier alpha value is -0.660. The maximum absolute atomic E-state index is 11.9. The molecule has 1 rings (SSSR count). The number of carboxylic acids is 1. The minimum absolute atomic E-state index is 0.160. The van der Waals surface area contributed by atoms with Gasteiger partial charge < -0.3 is 5.11 Å². The number of nitrogens with zero attached hydrogens (tertiary/aromatic N) is 1. The zero-order chi connectivity index (χ0) is 14.0. The molecule has 0 unspecified atom stereocenters. The maximum Gasteiger partial charge on any atom is 0.309 e. The number of piperidine rings is 1. The highest BCUT2D eigenvalue weighted by Gasteiger charge is 2.42. The van der Waals surface area contributed by atoms with Gasteiger partial charge >= 0.3 is 5.97 Å². The van der Waals surface area contributed by atoms with Crippen molar-refractivity contribution < 1.29 is 18.3 Å². The van der Waals surface area contributed by atoms with Gasteiger partial charge in [-0.15, -0.1) is 0 Å². The van der Waals surface area contributed by atoms with Gasteiger partial charge in [-0.05, 0) is 33.1 Å². The van der Waals surface area contributed by atoms with Gasteiger partial charge in [0.2, 0.25) is 0 Å². The highest BCUT2D eigenvalue weighted by molar-refractivity contribution is 7.87. The molecule has 1 heterocycles. The highest BCUT2D eigenvalue weighted by atomic mass is 32.2. The van der Waals surface area contributed by atoms with Gasteiger partial charge in [0.1, 0.15) is 0 Å². The molecule has 0 aromatic carbocycles. The highest BCUT2D eigenvalue weighted by Crippen LogP contribution is 2.35. The Morgan fingerprint density at radius 1 is 1.39 bits per heavy atom. The molecule has 0 spiro atoms. The average Bonchev–Trinajstić information content (AvgIpc) is 2.27. The first-order valence-corrected chi connectivity index (χ1v) is 7.68. The van der Waals surface area contributed by atoms with Gasteiger partial charge in [-0.1, -0.05) is 6.92 Å². The molecule has 0 aliphatic carbocycles. The number of carboxylic acid groups (broad SMARTS) is 1. The van der Waals surface area contributed by atoms with Crippen LogP contribution in [0.4, 0.5) is 0 Å². The summed E-state index contributed by atoms with van der Waals surface area (Å²) in [6.45, 7) is 5.89. The van der Waals surface area contributed by atoms with Crippen molar-refractivity contribution in [3.63, 3.8) is 0 Å². The average molecular weight is 278 g/mol. The summed E-state index contributed by atoms with van der Waals surface area (Å²) in [6, 6.07) is -0.160. The van der Waals surface area contributed by atoms with Gasteiger partial charge in [0.15, 0.2) is 0 Å². The van der Waals surface area contributed by atoms with Crippen molar-refractivity contribution in [2.24, 2.45) is 5.41 Å². The first-order chi connectivity index (χ1) is 8.23. The normalized spacial score (nSPS) is 21.1. The Balaban J connectivity index is 2.72. The largest absolute Gasteiger partial charge is 0.481 e. The van der Waals surface area contributed by atoms with Crippen molar-refractivity contribution in [3.8, 4) is 0 Å². The molecular formula is C11H22N2O4S. The summed E-state index contributed by atoms with van der Waals surface area (Å²) in [7, 11) is -3.48. The maximum atomic E-state index is 11.9. The molecule has 1 fully saturated rings. The molecule has 2 N–H and O–H groups in total. The molecule has 0 bridgehead atoms. The van der Waals surface area contributed by atoms with Crippen LogP contribution in [0.5, 0.6) is 0 Å². The third kappa shape index (κ3) is 3.21. The van der Waals surface area contributed by atoms with Gasteiger partial charge in [0.25, 0.3) is 10.2 Å². The van der Waals surface area contributed by atoms with Crippen molar-refractivity contribution >= 4 is 16.2 Å². The zero-order valence-electron chi connectivity index (χ0n) is 11.1. The molecule has 0 aromatic heterocycles. The fourth-order valence-corrected chi connectivity index (χ4v) is 3.65. The molecule has 1 aliphatic heterocycles. The molecule has 18 heavy (non-hydrogen) atoms. The number of aliphatic carboxylic acids is 1. The number of carbonyl (C=O) groups is 1. The fourth-order valence-electron chi connectivity index (χ4n) is 2.25. The van der Waals surface area contributed by atoms with Crippen molar-refractivity contribution in [1.29, 1.82) is 0 Å². The lowest BCUT2D eigenvalue weighted by Crippen LogP contribution is -2.50. The van der Waals surface area contributed by atoms with E-state index in [1.165, 1.54) is 4.31 Å². The zero-order valence-corrected chi connectivity index (χ0v) is 12.0. The number of hydrogen-bond acceptors (Lipinski definition) is 3. The molecule has 6 nitrogen and oxygen atoms in total. The van der Waals surface area contributed by atoms with E-state index >= 15 is 0 Å². The molecule has 0 aromatic rings. The van der Waals surface area contributed by atoms with Crippen molar-refractivity contribution in [1.82, 2.24) is 9.03 Å². The van der Waals surface area contributed by atoms with E-state index in [2.05, 4.69) is 4.72 Å². The van der Waals surface area contributed by atoms with Crippen LogP contribution in [-0.4, -0.2) is 42.9 Å². The standard InChI is InChI=1S/C11H22N2O4S/c1-4-11(10(14)15)5-7-13(8-6-11)18(16,17)12-9(2)3/h9,12H,4-8H2,1-3H3,(H,14,15). The van der Waals surface area contributed by atoms with Crippen LogP contribution in [0.25, 0.3) is 0 Å². The Morgan fingerprint density at radius 2 is 1.89 bits per heavy atom. The molecule has 0 amide bonds. The smallest absolute Gasteiger partial charge is 0.309 e. The van der Waals surface area contributed by atoms with E-state index in [1.54, 1.807) is 13.8 Å². The topological polar surface area (TPSA) is 86.7 Å². The van der Waals surface area contributed by atoms with E-state index < -0.39 is 21.6 Å². The van der Waals surface area contributed by atoms with E-state index in [0.29, 0.717) is 19.3 Å². The second-order valence-electron chi connectivity index (χ2n) is 5.12. The quantitative estimate of drug-likeness (QED) is 0.779. The van der Waals surface area contributed by atoms with E-state index in [-0.39, 0.29) is 19.1 Å². The number of hydrogen-bond donors (Lipinski definition) is 2. The predicted molar refractivity (Wildman–Crippen MR) is 68.4 cm³/mol. The van der Waals surface area contributed by atoms with Crippen LogP contribution >= 0.6 is 0 Å². The van der Waals surface area contributed by atoms with Crippen LogP contribution in [0, 0.1) is 5.41 Å². The Morgan fingerprint density at radius 3 is 2.22 bits per heavy atom. The second-order valence-corrected chi connectivity index (χ2v) is 6.82. The molecule has 0 saturated carbocycles. The minimum Gasteiger partial charge on any atom is -0.481 e. The first kappa shape index (κ1) is 15.4. The lowest BCUT2D eigenvalue weighted by molar-refractivity contribution is -0.151. The lowest BCUT2D eigenvalue weighted by atomic mass is 9.77. The van der Waals surface area contributed by atoms with Crippen molar-refractivity contribution in [2.45, 2.75) is 46.1 Å². The molecule has 0 atom stereocenters. The summed E-state index contributed by atoms with van der Waals surface area (Å²) >= 11 is 0. The van der Waals surface area contributed by atoms with Gasteiger partial charge in [-0.2, -0.15) is 17.4 Å². The Kier molecular flexibility index (Phi) is 4.74. The summed E-state index contributed by atoms with van der Waals surface area (Å²) in [4.78, 5) is 11.3. The monoisotopic (exact) mass is 278 g/mol. The molecule has 106 valence electrons. The van der Waals surface area contributed by atoms with Gasteiger partial charge in [-0.3, -0.25) is 4.79 Å². The summed E-state index contributed by atoms with van der Waals surface area (Å²) in [5.41, 5.74) is -0.760. The lowest BCUT2D eigenvalue weighted by Gasteiger charge is -2.37. The van der Waals surface area contributed by atoms with E-state index in [0.717, 1.165) is 0 Å². The van der Waals surface area contributed by atoms with Gasteiger partial charge in [0, 0.05) is 19.1 Å². The van der Waals surface area contributed by atoms with Crippen molar-refractivity contribution in [3.05, 3.63) is 0 Å². The summed E-state index contributed by atoms with van der Waals surface area (Å²) in [5, 5.41) is 9.24. The van der Waals surface area contributed by atoms with E-state index in [9.17, 15) is 18.3 Å². The molecular weight excluding hydrogens is 256 g/mol. The Bertz CT molecular complexity index is 397. The molecule has 1 aliphatic rings. The predicted octanol–water partition coefficient (Wildman–Crippen LogP) is 0.806. The number of nitrogens with one attached hydrogen (secondary N) is 1. The molecule has 0 radical (unpaired) electrons. The second kappa shape index (κ2) is 5.54. The van der Waals surface area contributed by atoms with Crippen LogP contribution in [0.15, 0.2) is 0 Å². The van der Waals surface area contributed by atoms with E-state index in [4.69, 9.17) is 0 Å². The van der Waals surface area contributed by atoms with Gasteiger partial charge in [-0.25, -0.2) is 0 Å². The summed E-state index contributed by atoms with van der Waals surface area (Å²) in [5.74, 6) is -0.820.